The maximum atomic E-state index is 12.5. The van der Waals surface area contributed by atoms with Crippen LogP contribution in [0.2, 0.25) is 5.02 Å². The zero-order valence-corrected chi connectivity index (χ0v) is 13.6. The summed E-state index contributed by atoms with van der Waals surface area (Å²) in [6.45, 7) is 0. The lowest BCUT2D eigenvalue weighted by Crippen LogP contribution is -2.36. The van der Waals surface area contributed by atoms with Crippen LogP contribution >= 0.6 is 35.0 Å². The van der Waals surface area contributed by atoms with Crippen LogP contribution in [0.3, 0.4) is 0 Å². The second-order valence-corrected chi connectivity index (χ2v) is 8.25. The second kappa shape index (κ2) is 6.22. The van der Waals surface area contributed by atoms with E-state index in [1.165, 1.54) is 10.4 Å². The third-order valence-electron chi connectivity index (χ3n) is 3.27. The molecule has 0 amide bonds. The van der Waals surface area contributed by atoms with Gasteiger partial charge in [0, 0.05) is 29.7 Å². The van der Waals surface area contributed by atoms with Gasteiger partial charge < -0.3 is 0 Å². The number of halogens is 2. The molecule has 7 heteroatoms. The van der Waals surface area contributed by atoms with Crippen molar-refractivity contribution in [2.24, 2.45) is 0 Å². The van der Waals surface area contributed by atoms with Crippen LogP contribution in [-0.2, 0) is 15.9 Å². The molecule has 0 spiro atoms. The Bertz CT molecular complexity index is 557. The number of benzene rings is 1. The molecular weight excluding hydrogens is 325 g/mol. The fourth-order valence-corrected chi connectivity index (χ4v) is 5.36. The van der Waals surface area contributed by atoms with Crippen LogP contribution in [0.5, 0.6) is 0 Å². The van der Waals surface area contributed by atoms with Gasteiger partial charge in [0.1, 0.15) is 0 Å². The van der Waals surface area contributed by atoms with Crippen molar-refractivity contribution in [1.29, 1.82) is 0 Å². The lowest BCUT2D eigenvalue weighted by molar-refractivity contribution is 0.394. The van der Waals surface area contributed by atoms with Crippen LogP contribution in [0.15, 0.2) is 23.1 Å². The number of hydrogen-bond acceptors (Lipinski definition) is 3. The molecule has 1 saturated heterocycles. The van der Waals surface area contributed by atoms with Crippen molar-refractivity contribution >= 4 is 45.0 Å². The molecule has 1 fully saturated rings. The summed E-state index contributed by atoms with van der Waals surface area (Å²) in [5.41, 5.74) is 0.737. The molecule has 0 N–H and O–H groups in total. The van der Waals surface area contributed by atoms with Crippen LogP contribution in [0.4, 0.5) is 0 Å². The highest BCUT2D eigenvalue weighted by Crippen LogP contribution is 2.28. The smallest absolute Gasteiger partial charge is 0.207 e. The largest absolute Gasteiger partial charge is 0.243 e. The summed E-state index contributed by atoms with van der Waals surface area (Å²) in [6.07, 6.45) is 0.897. The van der Waals surface area contributed by atoms with Gasteiger partial charge in [0.2, 0.25) is 10.0 Å². The Hall–Kier alpha value is 0.0600. The van der Waals surface area contributed by atoms with Crippen molar-refractivity contribution in [2.75, 3.05) is 18.6 Å². The number of nitrogens with zero attached hydrogens (tertiary/aromatic N) is 1. The summed E-state index contributed by atoms with van der Waals surface area (Å²) < 4.78 is 26.4. The first kappa shape index (κ1) is 15.4. The molecule has 0 radical (unpaired) electrons. The Kier molecular flexibility index (Phi) is 5.06. The molecule has 1 aliphatic heterocycles. The Morgan fingerprint density at radius 3 is 2.74 bits per heavy atom. The molecule has 1 atom stereocenters. The van der Waals surface area contributed by atoms with E-state index in [9.17, 15) is 8.42 Å². The second-order valence-electron chi connectivity index (χ2n) is 4.43. The Labute approximate surface area is 128 Å². The van der Waals surface area contributed by atoms with Gasteiger partial charge in [0.25, 0.3) is 0 Å². The molecule has 106 valence electrons. The zero-order valence-electron chi connectivity index (χ0n) is 10.5. The number of alkyl halides is 1. The maximum Gasteiger partial charge on any atom is 0.243 e. The van der Waals surface area contributed by atoms with E-state index in [-0.39, 0.29) is 16.8 Å². The third-order valence-corrected chi connectivity index (χ3v) is 6.96. The zero-order chi connectivity index (χ0) is 14.0. The summed E-state index contributed by atoms with van der Waals surface area (Å²) in [7, 11) is -1.84. The van der Waals surface area contributed by atoms with Crippen molar-refractivity contribution in [3.63, 3.8) is 0 Å². The fourth-order valence-electron chi connectivity index (χ4n) is 1.97. The molecule has 19 heavy (non-hydrogen) atoms. The van der Waals surface area contributed by atoms with E-state index in [4.69, 9.17) is 23.2 Å². The predicted molar refractivity (Wildman–Crippen MR) is 81.7 cm³/mol. The topological polar surface area (TPSA) is 37.4 Å². The van der Waals surface area contributed by atoms with E-state index in [2.05, 4.69) is 0 Å². The van der Waals surface area contributed by atoms with Crippen LogP contribution in [0.1, 0.15) is 12.0 Å². The normalized spacial score (nSPS) is 20.1. The predicted octanol–water partition coefficient (Wildman–Crippen LogP) is 3.20. The van der Waals surface area contributed by atoms with Gasteiger partial charge >= 0.3 is 0 Å². The molecule has 0 saturated carbocycles. The molecule has 0 aliphatic carbocycles. The van der Waals surface area contributed by atoms with Crippen molar-refractivity contribution in [1.82, 2.24) is 4.31 Å². The van der Waals surface area contributed by atoms with Crippen molar-refractivity contribution in [3.05, 3.63) is 28.8 Å². The van der Waals surface area contributed by atoms with Gasteiger partial charge in [-0.15, -0.1) is 11.6 Å². The third kappa shape index (κ3) is 3.22. The number of hydrogen-bond donors (Lipinski definition) is 0. The van der Waals surface area contributed by atoms with Crippen LogP contribution in [-0.4, -0.2) is 37.3 Å². The van der Waals surface area contributed by atoms with Gasteiger partial charge in [-0.05, 0) is 29.9 Å². The average molecular weight is 340 g/mol. The minimum atomic E-state index is -3.48. The quantitative estimate of drug-likeness (QED) is 0.790. The van der Waals surface area contributed by atoms with Gasteiger partial charge in [-0.3, -0.25) is 0 Å². The van der Waals surface area contributed by atoms with Gasteiger partial charge in [-0.1, -0.05) is 17.7 Å². The average Bonchev–Trinajstić information content (AvgIpc) is 2.91. The van der Waals surface area contributed by atoms with Crippen LogP contribution in [0.25, 0.3) is 0 Å². The Balaban J connectivity index is 2.30. The first-order chi connectivity index (χ1) is 8.96. The van der Waals surface area contributed by atoms with E-state index in [1.54, 1.807) is 30.9 Å². The standard InChI is InChI=1S/C12H15Cl2NO2S2/c1-15(10-4-5-18-8-10)19(16,17)11-3-2-9(7-13)12(14)6-11/h2-3,6,10H,4-5,7-8H2,1H3. The van der Waals surface area contributed by atoms with Crippen molar-refractivity contribution in [2.45, 2.75) is 23.2 Å². The molecule has 0 aromatic heterocycles. The first-order valence-corrected chi connectivity index (χ1v) is 9.37. The minimum Gasteiger partial charge on any atom is -0.207 e. The molecule has 1 aliphatic rings. The van der Waals surface area contributed by atoms with E-state index in [0.29, 0.717) is 5.02 Å². The lowest BCUT2D eigenvalue weighted by atomic mass is 10.2. The molecule has 1 aromatic rings. The highest BCUT2D eigenvalue weighted by atomic mass is 35.5. The minimum absolute atomic E-state index is 0.0708. The van der Waals surface area contributed by atoms with Crippen LogP contribution < -0.4 is 0 Å². The summed E-state index contributed by atoms with van der Waals surface area (Å²) in [4.78, 5) is 0.228. The summed E-state index contributed by atoms with van der Waals surface area (Å²) in [5.74, 6) is 2.13. The van der Waals surface area contributed by atoms with Crippen molar-refractivity contribution < 1.29 is 8.42 Å². The van der Waals surface area contributed by atoms with E-state index >= 15 is 0 Å². The van der Waals surface area contributed by atoms with Crippen molar-refractivity contribution in [3.8, 4) is 0 Å². The maximum absolute atomic E-state index is 12.5. The molecular formula is C12H15Cl2NO2S2. The monoisotopic (exact) mass is 339 g/mol. The molecule has 1 unspecified atom stereocenters. The van der Waals surface area contributed by atoms with Gasteiger partial charge in [0.15, 0.2) is 0 Å². The number of thioether (sulfide) groups is 1. The highest BCUT2D eigenvalue weighted by molar-refractivity contribution is 7.99. The summed E-state index contributed by atoms with van der Waals surface area (Å²) in [6, 6.07) is 4.78. The van der Waals surface area contributed by atoms with Crippen LogP contribution in [0, 0.1) is 0 Å². The molecule has 1 aromatic carbocycles. The van der Waals surface area contributed by atoms with E-state index in [1.807, 2.05) is 0 Å². The van der Waals surface area contributed by atoms with Gasteiger partial charge in [-0.25, -0.2) is 8.42 Å². The molecule has 2 rings (SSSR count). The summed E-state index contributed by atoms with van der Waals surface area (Å²) in [5, 5.41) is 0.394. The first-order valence-electron chi connectivity index (χ1n) is 5.87. The Morgan fingerprint density at radius 1 is 1.47 bits per heavy atom. The Morgan fingerprint density at radius 2 is 2.21 bits per heavy atom. The highest BCUT2D eigenvalue weighted by Gasteiger charge is 2.30. The fraction of sp³-hybridized carbons (Fsp3) is 0.500. The summed E-state index contributed by atoms with van der Waals surface area (Å²) >= 11 is 13.5. The number of sulfonamides is 1. The number of rotatable bonds is 4. The SMILES string of the molecule is CN(C1CCSC1)S(=O)(=O)c1ccc(CCl)c(Cl)c1. The lowest BCUT2D eigenvalue weighted by Gasteiger charge is -2.23. The van der Waals surface area contributed by atoms with Gasteiger partial charge in [-0.2, -0.15) is 16.1 Å². The van der Waals surface area contributed by atoms with E-state index in [0.717, 1.165) is 23.5 Å². The molecule has 0 bridgehead atoms. The van der Waals surface area contributed by atoms with E-state index < -0.39 is 10.0 Å². The molecule has 1 heterocycles. The molecule has 3 nitrogen and oxygen atoms in total. The van der Waals surface area contributed by atoms with Gasteiger partial charge in [0.05, 0.1) is 4.90 Å².